The largest absolute Gasteiger partial charge is 0.469 e. The Balaban J connectivity index is 0.00000225. The third kappa shape index (κ3) is 6.71. The van der Waals surface area contributed by atoms with Crippen LogP contribution in [0.5, 0.6) is 0 Å². The van der Waals surface area contributed by atoms with E-state index in [4.69, 9.17) is 10.2 Å². The van der Waals surface area contributed by atoms with Gasteiger partial charge in [0.15, 0.2) is 5.96 Å². The van der Waals surface area contributed by atoms with E-state index in [1.54, 1.807) is 6.26 Å². The maximum Gasteiger partial charge on any atom is 0.188 e. The smallest absolute Gasteiger partial charge is 0.188 e. The Morgan fingerprint density at radius 2 is 2.19 bits per heavy atom. The quantitative estimate of drug-likeness (QED) is 0.505. The molecule has 0 aromatic carbocycles. The van der Waals surface area contributed by atoms with Gasteiger partial charge < -0.3 is 15.5 Å². The molecule has 4 nitrogen and oxygen atoms in total. The van der Waals surface area contributed by atoms with E-state index in [-0.39, 0.29) is 29.5 Å². The van der Waals surface area contributed by atoms with Gasteiger partial charge in [-0.05, 0) is 32.9 Å². The first kappa shape index (κ1) is 15.3. The van der Waals surface area contributed by atoms with Gasteiger partial charge in [0.1, 0.15) is 5.76 Å². The molecule has 0 saturated heterocycles. The van der Waals surface area contributed by atoms with Gasteiger partial charge in [0.05, 0.1) is 6.26 Å². The number of aliphatic imine (C=N–C) groups is 1. The lowest BCUT2D eigenvalue weighted by Gasteiger charge is -2.20. The average molecular weight is 337 g/mol. The molecule has 1 rings (SSSR count). The van der Waals surface area contributed by atoms with Crippen LogP contribution in [0.25, 0.3) is 0 Å². The minimum Gasteiger partial charge on any atom is -0.469 e. The summed E-state index contributed by atoms with van der Waals surface area (Å²) in [6.07, 6.45) is 2.44. The molecule has 0 bridgehead atoms. The molecule has 0 radical (unpaired) electrons. The van der Waals surface area contributed by atoms with Crippen LogP contribution < -0.4 is 11.1 Å². The molecule has 1 heterocycles. The van der Waals surface area contributed by atoms with Crippen LogP contribution in [0.1, 0.15) is 26.5 Å². The van der Waals surface area contributed by atoms with Crippen LogP contribution >= 0.6 is 24.0 Å². The van der Waals surface area contributed by atoms with Crippen LogP contribution in [0.4, 0.5) is 0 Å². The summed E-state index contributed by atoms with van der Waals surface area (Å²) in [5.41, 5.74) is 5.66. The Labute approximate surface area is 114 Å². The first-order chi connectivity index (χ1) is 6.97. The van der Waals surface area contributed by atoms with E-state index in [1.807, 2.05) is 32.9 Å². The van der Waals surface area contributed by atoms with E-state index in [0.29, 0.717) is 12.5 Å². The summed E-state index contributed by atoms with van der Waals surface area (Å²) in [5.74, 6) is 1.41. The molecule has 0 unspecified atom stereocenters. The Morgan fingerprint density at radius 3 is 2.69 bits per heavy atom. The van der Waals surface area contributed by atoms with Crippen molar-refractivity contribution in [2.75, 3.05) is 6.54 Å². The van der Waals surface area contributed by atoms with E-state index in [1.165, 1.54) is 0 Å². The summed E-state index contributed by atoms with van der Waals surface area (Å²) in [5, 5.41) is 3.10. The van der Waals surface area contributed by atoms with Gasteiger partial charge in [-0.15, -0.1) is 24.0 Å². The number of nitrogens with two attached hydrogens (primary N) is 1. The van der Waals surface area contributed by atoms with Gasteiger partial charge in [-0.3, -0.25) is 4.99 Å². The summed E-state index contributed by atoms with van der Waals surface area (Å²) in [6, 6.07) is 3.80. The van der Waals surface area contributed by atoms with Gasteiger partial charge in [0, 0.05) is 18.5 Å². The minimum atomic E-state index is -0.0434. The number of halogens is 1. The Hall–Kier alpha value is -0.720. The lowest BCUT2D eigenvalue weighted by Crippen LogP contribution is -2.45. The second kappa shape index (κ2) is 6.78. The van der Waals surface area contributed by atoms with Gasteiger partial charge >= 0.3 is 0 Å². The van der Waals surface area contributed by atoms with E-state index in [9.17, 15) is 0 Å². The van der Waals surface area contributed by atoms with E-state index in [0.717, 1.165) is 12.2 Å². The van der Waals surface area contributed by atoms with E-state index < -0.39 is 0 Å². The summed E-state index contributed by atoms with van der Waals surface area (Å²) in [4.78, 5) is 4.21. The Kier molecular flexibility index (Phi) is 6.47. The Morgan fingerprint density at radius 1 is 1.50 bits per heavy atom. The number of rotatable bonds is 3. The minimum absolute atomic E-state index is 0. The van der Waals surface area contributed by atoms with Gasteiger partial charge in [0.2, 0.25) is 0 Å². The van der Waals surface area contributed by atoms with Crippen molar-refractivity contribution < 1.29 is 4.42 Å². The van der Waals surface area contributed by atoms with Gasteiger partial charge in [0.25, 0.3) is 0 Å². The summed E-state index contributed by atoms with van der Waals surface area (Å²) >= 11 is 0. The normalized spacial score (nSPS) is 12.1. The van der Waals surface area contributed by atoms with Crippen molar-refractivity contribution in [3.63, 3.8) is 0 Å². The first-order valence-corrected chi connectivity index (χ1v) is 5.08. The number of furan rings is 1. The zero-order valence-corrected chi connectivity index (χ0v) is 12.3. The molecule has 5 heteroatoms. The molecular weight excluding hydrogens is 317 g/mol. The predicted octanol–water partition coefficient (Wildman–Crippen LogP) is 2.14. The molecule has 3 N–H and O–H groups in total. The highest BCUT2D eigenvalue weighted by Gasteiger charge is 2.09. The number of guanidine groups is 1. The van der Waals surface area contributed by atoms with Crippen LogP contribution in [-0.2, 0) is 6.42 Å². The molecule has 0 spiro atoms. The molecule has 1 aromatic heterocycles. The molecule has 0 fully saturated rings. The maximum absolute atomic E-state index is 5.71. The van der Waals surface area contributed by atoms with Gasteiger partial charge in [-0.2, -0.15) is 0 Å². The van der Waals surface area contributed by atoms with E-state index >= 15 is 0 Å². The average Bonchev–Trinajstić information content (AvgIpc) is 2.53. The number of nitrogens with zero attached hydrogens (tertiary/aromatic N) is 1. The van der Waals surface area contributed by atoms with Crippen LogP contribution in [0, 0.1) is 0 Å². The lowest BCUT2D eigenvalue weighted by atomic mass is 10.1. The number of hydrogen-bond donors (Lipinski definition) is 2. The van der Waals surface area contributed by atoms with E-state index in [2.05, 4.69) is 10.3 Å². The second-order valence-corrected chi connectivity index (χ2v) is 4.47. The van der Waals surface area contributed by atoms with Crippen molar-refractivity contribution in [2.24, 2.45) is 10.7 Å². The molecule has 1 aromatic rings. The van der Waals surface area contributed by atoms with Gasteiger partial charge in [-0.1, -0.05) is 0 Å². The molecule has 0 saturated carbocycles. The third-order valence-corrected chi connectivity index (χ3v) is 1.72. The molecule has 0 amide bonds. The maximum atomic E-state index is 5.71. The molecule has 0 atom stereocenters. The highest BCUT2D eigenvalue weighted by atomic mass is 127. The molecule has 16 heavy (non-hydrogen) atoms. The predicted molar refractivity (Wildman–Crippen MR) is 77.2 cm³/mol. The zero-order chi connectivity index (χ0) is 11.3. The fourth-order valence-corrected chi connectivity index (χ4v) is 1.17. The van der Waals surface area contributed by atoms with Crippen LogP contribution in [0.15, 0.2) is 27.8 Å². The SMILES string of the molecule is CC(C)(C)NC(N)=NCCc1ccco1.I. The molecular formula is C11H20IN3O. The van der Waals surface area contributed by atoms with Crippen LogP contribution in [0.2, 0.25) is 0 Å². The van der Waals surface area contributed by atoms with Crippen molar-refractivity contribution in [3.8, 4) is 0 Å². The highest BCUT2D eigenvalue weighted by Crippen LogP contribution is 2.01. The summed E-state index contributed by atoms with van der Waals surface area (Å²) in [6.45, 7) is 6.77. The number of hydrogen-bond acceptors (Lipinski definition) is 2. The zero-order valence-electron chi connectivity index (χ0n) is 9.99. The fourth-order valence-electron chi connectivity index (χ4n) is 1.17. The fraction of sp³-hybridized carbons (Fsp3) is 0.545. The molecule has 0 aliphatic rings. The van der Waals surface area contributed by atoms with Crippen LogP contribution in [-0.4, -0.2) is 18.0 Å². The van der Waals surface area contributed by atoms with Crippen molar-refractivity contribution in [1.29, 1.82) is 0 Å². The second-order valence-electron chi connectivity index (χ2n) is 4.47. The van der Waals surface area contributed by atoms with Crippen LogP contribution in [0.3, 0.4) is 0 Å². The molecule has 0 aliphatic carbocycles. The summed E-state index contributed by atoms with van der Waals surface area (Å²) < 4.78 is 5.19. The van der Waals surface area contributed by atoms with Crippen molar-refractivity contribution in [2.45, 2.75) is 32.7 Å². The number of nitrogens with one attached hydrogen (secondary N) is 1. The highest BCUT2D eigenvalue weighted by molar-refractivity contribution is 14.0. The molecule has 0 aliphatic heterocycles. The standard InChI is InChI=1S/C11H19N3O.HI/c1-11(2,3)14-10(12)13-7-6-9-5-4-8-15-9;/h4-5,8H,6-7H2,1-3H3,(H3,12,13,14);1H. The molecule has 92 valence electrons. The lowest BCUT2D eigenvalue weighted by molar-refractivity contribution is 0.503. The van der Waals surface area contributed by atoms with Crippen molar-refractivity contribution in [3.05, 3.63) is 24.2 Å². The van der Waals surface area contributed by atoms with Crippen molar-refractivity contribution >= 4 is 29.9 Å². The monoisotopic (exact) mass is 337 g/mol. The Bertz CT molecular complexity index is 314. The third-order valence-electron chi connectivity index (χ3n) is 1.72. The first-order valence-electron chi connectivity index (χ1n) is 5.08. The van der Waals surface area contributed by atoms with Gasteiger partial charge in [-0.25, -0.2) is 0 Å². The van der Waals surface area contributed by atoms with Crippen molar-refractivity contribution in [1.82, 2.24) is 5.32 Å². The topological polar surface area (TPSA) is 63.5 Å². The summed E-state index contributed by atoms with van der Waals surface area (Å²) in [7, 11) is 0.